The number of hydrogen-bond donors (Lipinski definition) is 1. The molecule has 15 atom stereocenters. The second-order valence-electron chi connectivity index (χ2n) is 24.5. The molecule has 1 N–H and O–H groups in total. The zero-order valence-electron chi connectivity index (χ0n) is 56.0. The highest BCUT2D eigenvalue weighted by molar-refractivity contribution is 5.91. The fourth-order valence-corrected chi connectivity index (χ4v) is 12.2. The minimum Gasteiger partial charge on any atom is -0.459 e. The van der Waals surface area contributed by atoms with E-state index in [1.54, 1.807) is 84.9 Å². The summed E-state index contributed by atoms with van der Waals surface area (Å²) in [6, 6.07) is 80.1. The fourth-order valence-electron chi connectivity index (χ4n) is 12.2. The molecule has 102 heavy (non-hydrogen) atoms. The van der Waals surface area contributed by atoms with Crippen LogP contribution in [0.1, 0.15) is 69.2 Å². The van der Waals surface area contributed by atoms with Crippen LogP contribution in [0.3, 0.4) is 0 Å². The summed E-state index contributed by atoms with van der Waals surface area (Å²) in [4.78, 5) is 57.9. The van der Waals surface area contributed by atoms with E-state index in [-0.39, 0.29) is 61.9 Å². The van der Waals surface area contributed by atoms with E-state index in [0.29, 0.717) is 0 Å². The number of benzene rings is 9. The largest absolute Gasteiger partial charge is 0.459 e. The molecule has 0 aromatic heterocycles. The summed E-state index contributed by atoms with van der Waals surface area (Å²) in [5.41, 5.74) is 4.68. The quantitative estimate of drug-likeness (QED) is 0.0315. The van der Waals surface area contributed by atoms with Crippen LogP contribution in [0.2, 0.25) is 0 Å². The Kier molecular flexibility index (Phi) is 26.1. The molecule has 3 heterocycles. The van der Waals surface area contributed by atoms with Crippen LogP contribution in [0.25, 0.3) is 0 Å². The normalized spacial score (nSPS) is 24.7. The van der Waals surface area contributed by atoms with Crippen molar-refractivity contribution in [1.82, 2.24) is 0 Å². The summed E-state index contributed by atoms with van der Waals surface area (Å²) in [6.45, 7) is -0.547. The number of hydrogen-bond acceptors (Lipinski definition) is 20. The lowest BCUT2D eigenvalue weighted by atomic mass is 9.95. The number of carbonyl (C=O) groups excluding carboxylic acids is 4. The standard InChI is InChI=1S/C82H80O20/c1-88-80-73(92-50-58-35-17-5-18-36-58)70(102-82-75(101-79(87)63-45-27-10-28-46-63)72(100-78(86)62-43-25-9-26-44-62)69(99-77(85)61-41-23-8-24-42-61)66(98-82)54-94-76(84)60-39-21-7-22-40-60)67(83)64(96-80)53-95-81-74(93-51-59-37-19-6-20-38-59)71(91-49-57-33-15-4-16-34-57)68(90-48-56-31-13-3-14-32-56)65(97-81)52-89-47-55-29-11-2-12-30-55/h2-46,64-75,80-83H,47-54H2,1H3. The van der Waals surface area contributed by atoms with Crippen molar-refractivity contribution in [2.45, 2.75) is 125 Å². The van der Waals surface area contributed by atoms with Crippen molar-refractivity contribution in [3.63, 3.8) is 0 Å². The number of ether oxygens (including phenoxy) is 15. The molecule has 0 spiro atoms. The van der Waals surface area contributed by atoms with E-state index in [1.807, 2.05) is 152 Å². The summed E-state index contributed by atoms with van der Waals surface area (Å²) in [5.74, 6) is -3.56. The highest BCUT2D eigenvalue weighted by Gasteiger charge is 2.58. The molecule has 9 aromatic rings. The molecule has 3 aliphatic heterocycles. The Balaban J connectivity index is 0.921. The van der Waals surface area contributed by atoms with Gasteiger partial charge >= 0.3 is 23.9 Å². The third kappa shape index (κ3) is 19.5. The SMILES string of the molecule is COC1OC(COC2OC(COCc3ccccc3)C(OCc3ccccc3)C(OCc3ccccc3)C2OCc2ccccc2)C(O)C(OC2OC(COC(=O)c3ccccc3)C(OC(=O)c3ccccc3)C(OC(=O)c3ccccc3)C2OC(=O)c2ccccc2)C1OCc1ccccc1. The third-order valence-corrected chi connectivity index (χ3v) is 17.4. The van der Waals surface area contributed by atoms with Crippen LogP contribution in [0.4, 0.5) is 0 Å². The van der Waals surface area contributed by atoms with E-state index in [0.717, 1.165) is 27.8 Å². The predicted molar refractivity (Wildman–Crippen MR) is 370 cm³/mol. The van der Waals surface area contributed by atoms with Crippen molar-refractivity contribution in [2.24, 2.45) is 0 Å². The lowest BCUT2D eigenvalue weighted by Crippen LogP contribution is -2.67. The molecular weight excluding hydrogens is 1300 g/mol. The molecule has 528 valence electrons. The van der Waals surface area contributed by atoms with E-state index in [1.165, 1.54) is 43.5 Å². The highest BCUT2D eigenvalue weighted by atomic mass is 16.8. The van der Waals surface area contributed by atoms with E-state index in [9.17, 15) is 24.3 Å². The molecule has 20 nitrogen and oxygen atoms in total. The molecule has 0 saturated carbocycles. The minimum absolute atomic E-state index is 0.00722. The molecule has 9 aromatic carbocycles. The van der Waals surface area contributed by atoms with E-state index >= 15 is 0 Å². The number of rotatable bonds is 31. The maximum atomic E-state index is 14.8. The van der Waals surface area contributed by atoms with Gasteiger partial charge < -0.3 is 76.2 Å². The van der Waals surface area contributed by atoms with Gasteiger partial charge in [0, 0.05) is 7.11 Å². The fraction of sp³-hybridized carbons (Fsp3) is 0.293. The van der Waals surface area contributed by atoms with Gasteiger partial charge in [0.05, 0.1) is 68.5 Å². The second-order valence-corrected chi connectivity index (χ2v) is 24.5. The first kappa shape index (κ1) is 72.2. The van der Waals surface area contributed by atoms with Crippen LogP contribution < -0.4 is 0 Å². The topological polar surface area (TPSA) is 227 Å². The van der Waals surface area contributed by atoms with Crippen molar-refractivity contribution in [3.8, 4) is 0 Å². The van der Waals surface area contributed by atoms with Crippen LogP contribution >= 0.6 is 0 Å². The monoisotopic (exact) mass is 1380 g/mol. The van der Waals surface area contributed by atoms with E-state index in [2.05, 4.69) is 0 Å². The minimum atomic E-state index is -1.91. The molecule has 3 aliphatic rings. The zero-order chi connectivity index (χ0) is 70.2. The number of carbonyl (C=O) groups is 4. The summed E-state index contributed by atoms with van der Waals surface area (Å²) in [6.07, 6.45) is -21.3. The average molecular weight is 1390 g/mol. The van der Waals surface area contributed by atoms with Gasteiger partial charge in [-0.1, -0.05) is 224 Å². The molecule has 0 bridgehead atoms. The van der Waals surface area contributed by atoms with Gasteiger partial charge in [-0.3, -0.25) is 0 Å². The lowest BCUT2D eigenvalue weighted by Gasteiger charge is -2.49. The van der Waals surface area contributed by atoms with Crippen LogP contribution in [-0.4, -0.2) is 148 Å². The Morgan fingerprint density at radius 3 is 1.07 bits per heavy atom. The molecule has 3 saturated heterocycles. The summed E-state index contributed by atoms with van der Waals surface area (Å²) < 4.78 is 100. The summed E-state index contributed by atoms with van der Waals surface area (Å²) >= 11 is 0. The first-order valence-electron chi connectivity index (χ1n) is 33.8. The molecule has 12 rings (SSSR count). The van der Waals surface area contributed by atoms with Gasteiger partial charge in [-0.05, 0) is 76.3 Å². The van der Waals surface area contributed by atoms with Crippen molar-refractivity contribution in [1.29, 1.82) is 0 Å². The Morgan fingerprint density at radius 2 is 0.637 bits per heavy atom. The van der Waals surface area contributed by atoms with Gasteiger partial charge in [-0.2, -0.15) is 0 Å². The number of aliphatic hydroxyl groups is 1. The van der Waals surface area contributed by atoms with Gasteiger partial charge in [-0.25, -0.2) is 19.2 Å². The molecular formula is C82H80O20. The maximum absolute atomic E-state index is 14.8. The Bertz CT molecular complexity index is 3990. The number of esters is 4. The lowest BCUT2D eigenvalue weighted by molar-refractivity contribution is -0.370. The highest BCUT2D eigenvalue weighted by Crippen LogP contribution is 2.38. The van der Waals surface area contributed by atoms with E-state index < -0.39 is 129 Å². The molecule has 0 amide bonds. The van der Waals surface area contributed by atoms with Gasteiger partial charge in [0.1, 0.15) is 61.5 Å². The van der Waals surface area contributed by atoms with Crippen LogP contribution in [0.15, 0.2) is 273 Å². The predicted octanol–water partition coefficient (Wildman–Crippen LogP) is 11.7. The Hall–Kier alpha value is -9.62. The van der Waals surface area contributed by atoms with Gasteiger partial charge in [0.25, 0.3) is 0 Å². The average Bonchev–Trinajstić information content (AvgIpc) is 0.844. The molecule has 0 radical (unpaired) electrons. The van der Waals surface area contributed by atoms with Crippen LogP contribution in [0, 0.1) is 0 Å². The first-order valence-corrected chi connectivity index (χ1v) is 33.8. The van der Waals surface area contributed by atoms with E-state index in [4.69, 9.17) is 71.1 Å². The summed E-state index contributed by atoms with van der Waals surface area (Å²) in [7, 11) is 1.39. The van der Waals surface area contributed by atoms with Gasteiger partial charge in [0.2, 0.25) is 0 Å². The maximum Gasteiger partial charge on any atom is 0.338 e. The van der Waals surface area contributed by atoms with Gasteiger partial charge in [0.15, 0.2) is 37.2 Å². The van der Waals surface area contributed by atoms with Gasteiger partial charge in [-0.15, -0.1) is 0 Å². The number of aliphatic hydroxyl groups excluding tert-OH is 1. The third-order valence-electron chi connectivity index (χ3n) is 17.4. The smallest absolute Gasteiger partial charge is 0.338 e. The first-order chi connectivity index (χ1) is 50.1. The van der Waals surface area contributed by atoms with Crippen molar-refractivity contribution < 1.29 is 95.3 Å². The molecule has 3 fully saturated rings. The Morgan fingerprint density at radius 1 is 0.304 bits per heavy atom. The Labute approximate surface area is 591 Å². The van der Waals surface area contributed by atoms with Crippen molar-refractivity contribution in [2.75, 3.05) is 26.9 Å². The van der Waals surface area contributed by atoms with Crippen LogP contribution in [-0.2, 0) is 104 Å². The molecule has 20 heteroatoms. The second kappa shape index (κ2) is 36.8. The van der Waals surface area contributed by atoms with Crippen LogP contribution in [0.5, 0.6) is 0 Å². The number of methoxy groups -OCH3 is 1. The zero-order valence-corrected chi connectivity index (χ0v) is 56.0. The van der Waals surface area contributed by atoms with Crippen molar-refractivity contribution in [3.05, 3.63) is 323 Å². The van der Waals surface area contributed by atoms with Crippen molar-refractivity contribution >= 4 is 23.9 Å². The molecule has 15 unspecified atom stereocenters. The molecule has 0 aliphatic carbocycles. The summed E-state index contributed by atoms with van der Waals surface area (Å²) in [5, 5.41) is 13.3.